The third-order valence-corrected chi connectivity index (χ3v) is 2.81. The average molecular weight is 239 g/mol. The first kappa shape index (κ1) is 13.7. The molecule has 1 aromatic heterocycles. The number of ether oxygens (including phenoxy) is 1. The molecule has 0 aliphatic rings. The summed E-state index contributed by atoms with van der Waals surface area (Å²) in [6, 6.07) is 0. The maximum atomic E-state index is 11.2. The van der Waals surface area contributed by atoms with Crippen LogP contribution in [0.25, 0.3) is 0 Å². The summed E-state index contributed by atoms with van der Waals surface area (Å²) in [5.41, 5.74) is 0. The molecule has 0 fully saturated rings. The highest BCUT2D eigenvalue weighted by molar-refractivity contribution is 5.69. The number of hydrogen-bond acceptors (Lipinski definition) is 2. The molecule has 0 spiro atoms. The van der Waals surface area contributed by atoms with Crippen molar-refractivity contribution in [3.63, 3.8) is 0 Å². The van der Waals surface area contributed by atoms with Crippen molar-refractivity contribution in [2.24, 2.45) is 0 Å². The Kier molecular flexibility index (Phi) is 5.73. The van der Waals surface area contributed by atoms with Crippen LogP contribution in [0, 0.1) is 6.92 Å². The van der Waals surface area contributed by atoms with Gasteiger partial charge in [-0.25, -0.2) is 9.13 Å². The Bertz CT molecular complexity index is 358. The van der Waals surface area contributed by atoms with Crippen molar-refractivity contribution in [1.29, 1.82) is 0 Å². The predicted molar refractivity (Wildman–Crippen MR) is 65.5 cm³/mol. The van der Waals surface area contributed by atoms with Crippen molar-refractivity contribution in [2.75, 3.05) is 6.61 Å². The molecule has 0 bridgehead atoms. The third-order valence-electron chi connectivity index (χ3n) is 2.81. The van der Waals surface area contributed by atoms with Gasteiger partial charge in [-0.2, -0.15) is 0 Å². The lowest BCUT2D eigenvalue weighted by Crippen LogP contribution is -2.35. The Morgan fingerprint density at radius 1 is 1.47 bits per heavy atom. The molecule has 4 heteroatoms. The van der Waals surface area contributed by atoms with Gasteiger partial charge in [0.2, 0.25) is 0 Å². The summed E-state index contributed by atoms with van der Waals surface area (Å²) in [5, 5.41) is 0. The van der Waals surface area contributed by atoms with Crippen LogP contribution in [0.1, 0.15) is 38.9 Å². The van der Waals surface area contributed by atoms with Gasteiger partial charge in [0.05, 0.1) is 19.7 Å². The average Bonchev–Trinajstić information content (AvgIpc) is 2.63. The largest absolute Gasteiger partial charge is 0.466 e. The van der Waals surface area contributed by atoms with E-state index < -0.39 is 0 Å². The second-order valence-corrected chi connectivity index (χ2v) is 4.14. The van der Waals surface area contributed by atoms with E-state index >= 15 is 0 Å². The molecule has 1 rings (SSSR count). The van der Waals surface area contributed by atoms with Gasteiger partial charge >= 0.3 is 5.97 Å². The summed E-state index contributed by atoms with van der Waals surface area (Å²) in [4.78, 5) is 11.2. The fraction of sp³-hybridized carbons (Fsp3) is 0.692. The van der Waals surface area contributed by atoms with Gasteiger partial charge in [0.25, 0.3) is 5.82 Å². The van der Waals surface area contributed by atoms with Crippen LogP contribution in [0.4, 0.5) is 0 Å². The Balaban J connectivity index is 2.39. The van der Waals surface area contributed by atoms with Crippen LogP contribution >= 0.6 is 0 Å². The highest BCUT2D eigenvalue weighted by Crippen LogP contribution is 2.00. The first-order chi connectivity index (χ1) is 8.19. The molecule has 17 heavy (non-hydrogen) atoms. The Morgan fingerprint density at radius 3 is 2.88 bits per heavy atom. The highest BCUT2D eigenvalue weighted by Gasteiger charge is 2.11. The fourth-order valence-corrected chi connectivity index (χ4v) is 1.88. The molecule has 1 aromatic rings. The van der Waals surface area contributed by atoms with Gasteiger partial charge in [-0.1, -0.05) is 6.92 Å². The monoisotopic (exact) mass is 239 g/mol. The molecule has 0 aliphatic carbocycles. The molecule has 0 atom stereocenters. The molecule has 0 radical (unpaired) electrons. The minimum absolute atomic E-state index is 0.0984. The quantitative estimate of drug-likeness (QED) is 0.537. The van der Waals surface area contributed by atoms with Crippen LogP contribution < -0.4 is 4.57 Å². The summed E-state index contributed by atoms with van der Waals surface area (Å²) in [6.07, 6.45) is 6.65. The lowest BCUT2D eigenvalue weighted by atomic mass is 10.3. The van der Waals surface area contributed by atoms with Gasteiger partial charge in [0.1, 0.15) is 12.4 Å². The Morgan fingerprint density at radius 2 is 2.24 bits per heavy atom. The second kappa shape index (κ2) is 7.09. The summed E-state index contributed by atoms with van der Waals surface area (Å²) in [5.74, 6) is 1.15. The van der Waals surface area contributed by atoms with E-state index in [1.807, 2.05) is 6.92 Å². The zero-order valence-corrected chi connectivity index (χ0v) is 11.1. The van der Waals surface area contributed by atoms with Gasteiger partial charge in [-0.15, -0.1) is 0 Å². The van der Waals surface area contributed by atoms with Crippen LogP contribution in [-0.4, -0.2) is 17.1 Å². The Labute approximate surface area is 103 Å². The van der Waals surface area contributed by atoms with Crippen molar-refractivity contribution < 1.29 is 14.1 Å². The van der Waals surface area contributed by atoms with Crippen LogP contribution in [0.2, 0.25) is 0 Å². The number of esters is 1. The van der Waals surface area contributed by atoms with Crippen molar-refractivity contribution in [3.8, 4) is 0 Å². The minimum atomic E-state index is -0.0984. The molecular weight excluding hydrogens is 216 g/mol. The van der Waals surface area contributed by atoms with Crippen LogP contribution in [0.5, 0.6) is 0 Å². The van der Waals surface area contributed by atoms with Gasteiger partial charge in [0.15, 0.2) is 0 Å². The number of aromatic nitrogens is 2. The number of carbonyl (C=O) groups is 1. The van der Waals surface area contributed by atoms with Crippen LogP contribution in [-0.2, 0) is 22.6 Å². The fourth-order valence-electron chi connectivity index (χ4n) is 1.88. The number of rotatable bonds is 7. The first-order valence-electron chi connectivity index (χ1n) is 6.39. The van der Waals surface area contributed by atoms with E-state index in [4.69, 9.17) is 4.74 Å². The number of hydrogen-bond donors (Lipinski definition) is 0. The van der Waals surface area contributed by atoms with E-state index in [1.54, 1.807) is 0 Å². The molecule has 0 saturated carbocycles. The summed E-state index contributed by atoms with van der Waals surface area (Å²) in [7, 11) is 0. The number of aryl methyl sites for hydroxylation is 2. The molecule has 0 N–H and O–H groups in total. The maximum Gasteiger partial charge on any atom is 0.305 e. The molecule has 0 unspecified atom stereocenters. The van der Waals surface area contributed by atoms with Gasteiger partial charge in [0, 0.05) is 13.3 Å². The standard InChI is InChI=1S/C13H23N2O2/c1-4-8-14-10-11-15(12(14)3)9-6-7-13(16)17-5-2/h10-11H,4-9H2,1-3H3/q+1. The Hall–Kier alpha value is -1.32. The van der Waals surface area contributed by atoms with Gasteiger partial charge in [-0.05, 0) is 19.8 Å². The van der Waals surface area contributed by atoms with E-state index in [0.29, 0.717) is 13.0 Å². The number of carbonyl (C=O) groups excluding carboxylic acids is 1. The molecule has 0 aliphatic heterocycles. The van der Waals surface area contributed by atoms with Crippen LogP contribution in [0.3, 0.4) is 0 Å². The zero-order chi connectivity index (χ0) is 12.7. The normalized spacial score (nSPS) is 10.5. The lowest BCUT2D eigenvalue weighted by molar-refractivity contribution is -0.702. The smallest absolute Gasteiger partial charge is 0.305 e. The first-order valence-corrected chi connectivity index (χ1v) is 6.39. The number of nitrogens with zero attached hydrogens (tertiary/aromatic N) is 2. The topological polar surface area (TPSA) is 35.1 Å². The van der Waals surface area contributed by atoms with Crippen molar-refractivity contribution in [2.45, 2.75) is 53.1 Å². The molecule has 0 amide bonds. The molecule has 0 aromatic carbocycles. The zero-order valence-electron chi connectivity index (χ0n) is 11.1. The van der Waals surface area contributed by atoms with E-state index in [1.165, 1.54) is 5.82 Å². The van der Waals surface area contributed by atoms with Crippen molar-refractivity contribution >= 4 is 5.97 Å². The third kappa shape index (κ3) is 4.21. The van der Waals surface area contributed by atoms with Gasteiger partial charge < -0.3 is 4.74 Å². The van der Waals surface area contributed by atoms with E-state index in [0.717, 1.165) is 25.9 Å². The van der Waals surface area contributed by atoms with Crippen molar-refractivity contribution in [3.05, 3.63) is 18.2 Å². The summed E-state index contributed by atoms with van der Waals surface area (Å²) in [6.45, 7) is 8.52. The van der Waals surface area contributed by atoms with Gasteiger partial charge in [-0.3, -0.25) is 4.79 Å². The highest BCUT2D eigenvalue weighted by atomic mass is 16.5. The molecular formula is C13H23N2O2+. The molecule has 4 nitrogen and oxygen atoms in total. The van der Waals surface area contributed by atoms with E-state index in [-0.39, 0.29) is 5.97 Å². The lowest BCUT2D eigenvalue weighted by Gasteiger charge is -2.01. The van der Waals surface area contributed by atoms with Crippen LogP contribution in [0.15, 0.2) is 12.4 Å². The SMILES string of the molecule is CCC[n+]1ccn(CCCC(=O)OCC)c1C. The second-order valence-electron chi connectivity index (χ2n) is 4.14. The summed E-state index contributed by atoms with van der Waals surface area (Å²) >= 11 is 0. The molecule has 1 heterocycles. The molecule has 96 valence electrons. The maximum absolute atomic E-state index is 11.2. The van der Waals surface area contributed by atoms with Crippen molar-refractivity contribution in [1.82, 2.24) is 4.57 Å². The number of imidazole rings is 1. The van der Waals surface area contributed by atoms with E-state index in [9.17, 15) is 4.79 Å². The molecule has 0 saturated heterocycles. The predicted octanol–water partition coefficient (Wildman–Crippen LogP) is 1.84. The van der Waals surface area contributed by atoms with E-state index in [2.05, 4.69) is 35.4 Å². The minimum Gasteiger partial charge on any atom is -0.466 e. The summed E-state index contributed by atoms with van der Waals surface area (Å²) < 4.78 is 9.33.